The number of hydrogen-bond donors (Lipinski definition) is 0. The highest BCUT2D eigenvalue weighted by atomic mass is 32.2. The third kappa shape index (κ3) is 2.66. The molecule has 82 valence electrons. The van der Waals surface area contributed by atoms with Crippen LogP contribution in [0.3, 0.4) is 0 Å². The van der Waals surface area contributed by atoms with Crippen LogP contribution in [0.1, 0.15) is 32.1 Å². The van der Waals surface area contributed by atoms with Crippen molar-refractivity contribution in [3.05, 3.63) is 0 Å². The quantitative estimate of drug-likeness (QED) is 0.731. The second-order valence-electron chi connectivity index (χ2n) is 4.17. The molecule has 2 rings (SSSR count). The van der Waals surface area contributed by atoms with E-state index in [0.29, 0.717) is 19.0 Å². The molecule has 15 heavy (non-hydrogen) atoms. The molecule has 1 aliphatic heterocycles. The normalized spacial score (nSPS) is 24.9. The summed E-state index contributed by atoms with van der Waals surface area (Å²) in [7, 11) is 0. The van der Waals surface area contributed by atoms with E-state index in [1.807, 2.05) is 4.90 Å². The van der Waals surface area contributed by atoms with Crippen molar-refractivity contribution in [1.82, 2.24) is 4.90 Å². The summed E-state index contributed by atoms with van der Waals surface area (Å²) in [6, 6.07) is 2.58. The monoisotopic (exact) mass is 224 g/mol. The summed E-state index contributed by atoms with van der Waals surface area (Å²) in [5.74, 6) is 1.41. The third-order valence-corrected chi connectivity index (χ3v) is 4.30. The Labute approximate surface area is 94.8 Å². The lowest BCUT2D eigenvalue weighted by Crippen LogP contribution is -2.39. The molecule has 1 saturated heterocycles. The van der Waals surface area contributed by atoms with E-state index < -0.39 is 0 Å². The molecule has 0 radical (unpaired) electrons. The highest BCUT2D eigenvalue weighted by Gasteiger charge is 2.36. The lowest BCUT2D eigenvalue weighted by atomic mass is 10.2. The number of nitriles is 1. The first-order valence-corrected chi connectivity index (χ1v) is 6.67. The number of carbonyl (C=O) groups is 1. The van der Waals surface area contributed by atoms with Gasteiger partial charge in [-0.05, 0) is 31.4 Å². The molecule has 2 aliphatic rings. The number of rotatable bonds is 4. The first-order valence-electron chi connectivity index (χ1n) is 5.62. The van der Waals surface area contributed by atoms with E-state index in [-0.39, 0.29) is 11.2 Å². The SMILES string of the molecule is N#CCCN(C(=O)C1CCCS1)C1CC1. The van der Waals surface area contributed by atoms with Gasteiger partial charge in [0.1, 0.15) is 0 Å². The number of amides is 1. The first-order chi connectivity index (χ1) is 7.33. The molecule has 1 saturated carbocycles. The minimum Gasteiger partial charge on any atom is -0.338 e. The van der Waals surface area contributed by atoms with Gasteiger partial charge in [-0.3, -0.25) is 4.79 Å². The maximum atomic E-state index is 12.1. The molecule has 1 amide bonds. The highest BCUT2D eigenvalue weighted by Crippen LogP contribution is 2.33. The van der Waals surface area contributed by atoms with Crippen LogP contribution in [0.5, 0.6) is 0 Å². The highest BCUT2D eigenvalue weighted by molar-refractivity contribution is 8.00. The summed E-state index contributed by atoms with van der Waals surface area (Å²) in [6.45, 7) is 0.636. The third-order valence-electron chi connectivity index (χ3n) is 2.94. The Balaban J connectivity index is 1.91. The van der Waals surface area contributed by atoms with Crippen LogP contribution < -0.4 is 0 Å². The maximum Gasteiger partial charge on any atom is 0.235 e. The van der Waals surface area contributed by atoms with Gasteiger partial charge in [-0.15, -0.1) is 11.8 Å². The predicted octanol–water partition coefficient (Wildman–Crippen LogP) is 1.79. The second-order valence-corrected chi connectivity index (χ2v) is 5.48. The van der Waals surface area contributed by atoms with Gasteiger partial charge in [-0.1, -0.05) is 0 Å². The van der Waals surface area contributed by atoms with Gasteiger partial charge in [-0.2, -0.15) is 5.26 Å². The van der Waals surface area contributed by atoms with E-state index >= 15 is 0 Å². The summed E-state index contributed by atoms with van der Waals surface area (Å²) < 4.78 is 0. The standard InChI is InChI=1S/C11H16N2OS/c12-6-2-7-13(9-4-5-9)11(14)10-3-1-8-15-10/h9-10H,1-5,7-8H2. The Bertz CT molecular complexity index is 277. The molecular formula is C11H16N2OS. The largest absolute Gasteiger partial charge is 0.338 e. The Hall–Kier alpha value is -0.690. The second kappa shape index (κ2) is 4.89. The van der Waals surface area contributed by atoms with Crippen LogP contribution in [0, 0.1) is 11.3 Å². The molecule has 0 aromatic rings. The van der Waals surface area contributed by atoms with Gasteiger partial charge in [0.2, 0.25) is 5.91 Å². The van der Waals surface area contributed by atoms with E-state index in [0.717, 1.165) is 31.4 Å². The van der Waals surface area contributed by atoms with Gasteiger partial charge >= 0.3 is 0 Å². The van der Waals surface area contributed by atoms with Crippen molar-refractivity contribution in [2.75, 3.05) is 12.3 Å². The average molecular weight is 224 g/mol. The molecule has 0 N–H and O–H groups in total. The van der Waals surface area contributed by atoms with Crippen LogP contribution in [-0.4, -0.2) is 34.4 Å². The van der Waals surface area contributed by atoms with Crippen LogP contribution >= 0.6 is 11.8 Å². The Morgan fingerprint density at radius 1 is 1.47 bits per heavy atom. The maximum absolute atomic E-state index is 12.1. The fourth-order valence-electron chi connectivity index (χ4n) is 1.99. The fraction of sp³-hybridized carbons (Fsp3) is 0.818. The lowest BCUT2D eigenvalue weighted by molar-refractivity contribution is -0.131. The van der Waals surface area contributed by atoms with Crippen molar-refractivity contribution in [3.63, 3.8) is 0 Å². The zero-order chi connectivity index (χ0) is 10.7. The van der Waals surface area contributed by atoms with E-state index in [4.69, 9.17) is 5.26 Å². The molecular weight excluding hydrogens is 208 g/mol. The van der Waals surface area contributed by atoms with E-state index in [1.165, 1.54) is 0 Å². The Morgan fingerprint density at radius 2 is 2.27 bits per heavy atom. The molecule has 1 heterocycles. The van der Waals surface area contributed by atoms with Gasteiger partial charge in [-0.25, -0.2) is 0 Å². The first kappa shape index (κ1) is 10.8. The molecule has 1 aliphatic carbocycles. The topological polar surface area (TPSA) is 44.1 Å². The smallest absolute Gasteiger partial charge is 0.235 e. The summed E-state index contributed by atoms with van der Waals surface area (Å²) in [5, 5.41) is 8.76. The zero-order valence-electron chi connectivity index (χ0n) is 8.82. The molecule has 2 fully saturated rings. The van der Waals surface area contributed by atoms with Gasteiger partial charge in [0.05, 0.1) is 17.7 Å². The van der Waals surface area contributed by atoms with Gasteiger partial charge < -0.3 is 4.90 Å². The van der Waals surface area contributed by atoms with Crippen LogP contribution in [0.15, 0.2) is 0 Å². The van der Waals surface area contributed by atoms with E-state index in [9.17, 15) is 4.79 Å². The number of carbonyl (C=O) groups excluding carboxylic acids is 1. The summed E-state index contributed by atoms with van der Waals surface area (Å²) >= 11 is 1.78. The van der Waals surface area contributed by atoms with Crippen molar-refractivity contribution >= 4 is 17.7 Å². The Morgan fingerprint density at radius 3 is 2.80 bits per heavy atom. The van der Waals surface area contributed by atoms with Crippen LogP contribution in [0.25, 0.3) is 0 Å². The minimum atomic E-state index is 0.185. The van der Waals surface area contributed by atoms with Gasteiger partial charge in [0, 0.05) is 12.6 Å². The molecule has 0 aromatic heterocycles. The molecule has 0 aromatic carbocycles. The van der Waals surface area contributed by atoms with Crippen molar-refractivity contribution in [1.29, 1.82) is 5.26 Å². The molecule has 4 heteroatoms. The van der Waals surface area contributed by atoms with Crippen LogP contribution in [0.4, 0.5) is 0 Å². The summed E-state index contributed by atoms with van der Waals surface area (Å²) in [5.41, 5.74) is 0. The average Bonchev–Trinajstić information content (AvgIpc) is 2.94. The summed E-state index contributed by atoms with van der Waals surface area (Å²) in [4.78, 5) is 14.1. The van der Waals surface area contributed by atoms with Crippen molar-refractivity contribution in [2.24, 2.45) is 0 Å². The minimum absolute atomic E-state index is 0.185. The van der Waals surface area contributed by atoms with Crippen molar-refractivity contribution in [2.45, 2.75) is 43.4 Å². The summed E-state index contributed by atoms with van der Waals surface area (Å²) in [6.07, 6.45) is 4.93. The molecule has 1 atom stereocenters. The number of thioether (sulfide) groups is 1. The molecule has 3 nitrogen and oxygen atoms in total. The van der Waals surface area contributed by atoms with Gasteiger partial charge in [0.25, 0.3) is 0 Å². The fourth-order valence-corrected chi connectivity index (χ4v) is 3.22. The van der Waals surface area contributed by atoms with E-state index in [2.05, 4.69) is 6.07 Å². The lowest BCUT2D eigenvalue weighted by Gasteiger charge is -2.24. The Kier molecular flexibility index (Phi) is 3.53. The molecule has 0 bridgehead atoms. The van der Waals surface area contributed by atoms with Crippen molar-refractivity contribution < 1.29 is 4.79 Å². The van der Waals surface area contributed by atoms with Gasteiger partial charge in [0.15, 0.2) is 0 Å². The van der Waals surface area contributed by atoms with Crippen LogP contribution in [-0.2, 0) is 4.79 Å². The number of nitrogens with zero attached hydrogens (tertiary/aromatic N) is 2. The predicted molar refractivity (Wildman–Crippen MR) is 60.4 cm³/mol. The number of hydrogen-bond acceptors (Lipinski definition) is 3. The van der Waals surface area contributed by atoms with E-state index in [1.54, 1.807) is 11.8 Å². The molecule has 1 unspecified atom stereocenters. The molecule has 0 spiro atoms. The zero-order valence-corrected chi connectivity index (χ0v) is 9.63. The van der Waals surface area contributed by atoms with Crippen molar-refractivity contribution in [3.8, 4) is 6.07 Å². The van der Waals surface area contributed by atoms with Crippen LogP contribution in [0.2, 0.25) is 0 Å².